The molecule has 1 N–H and O–H groups in total. The molecule has 0 radical (unpaired) electrons. The van der Waals surface area contributed by atoms with Gasteiger partial charge in [0, 0.05) is 6.07 Å². The number of carbonyl (C=O) groups is 1. The van der Waals surface area contributed by atoms with Crippen LogP contribution < -0.4 is 5.43 Å². The predicted octanol–water partition coefficient (Wildman–Crippen LogP) is 2.10. The summed E-state index contributed by atoms with van der Waals surface area (Å²) in [4.78, 5) is 27.8. The fraction of sp³-hybridized carbons (Fsp3) is 0.118. The summed E-state index contributed by atoms with van der Waals surface area (Å²) >= 11 is 6.21. The first-order chi connectivity index (χ1) is 14.1. The Bertz CT molecular complexity index is 1290. The number of anilines is 1. The molecule has 5 rings (SSSR count). The van der Waals surface area contributed by atoms with Crippen molar-refractivity contribution in [3.05, 3.63) is 64.2 Å². The summed E-state index contributed by atoms with van der Waals surface area (Å²) < 4.78 is 1.49. The van der Waals surface area contributed by atoms with Crippen LogP contribution in [-0.4, -0.2) is 46.2 Å². The molecule has 0 aliphatic carbocycles. The summed E-state index contributed by atoms with van der Waals surface area (Å²) in [6.45, 7) is 0. The number of hydrogen-bond acceptors (Lipinski definition) is 8. The van der Waals surface area contributed by atoms with Crippen molar-refractivity contribution < 1.29 is 9.72 Å². The molecule has 1 fully saturated rings. The van der Waals surface area contributed by atoms with Crippen LogP contribution in [0.4, 0.5) is 11.5 Å². The average molecular weight is 411 g/mol. The molecule has 2 aromatic heterocycles. The van der Waals surface area contributed by atoms with Crippen molar-refractivity contribution in [2.75, 3.05) is 5.43 Å². The lowest BCUT2D eigenvalue weighted by Crippen LogP contribution is -2.58. The molecule has 2 unspecified atom stereocenters. The van der Waals surface area contributed by atoms with Gasteiger partial charge in [0.1, 0.15) is 11.4 Å². The first-order valence-corrected chi connectivity index (χ1v) is 8.94. The van der Waals surface area contributed by atoms with Gasteiger partial charge in [0.05, 0.1) is 21.5 Å². The molecule has 0 bridgehead atoms. The van der Waals surface area contributed by atoms with Gasteiger partial charge in [-0.2, -0.15) is 4.52 Å². The number of halogens is 1. The minimum Gasteiger partial charge on any atom is -0.275 e. The number of fused-ring (bicyclic) bond motifs is 3. The molecule has 1 saturated heterocycles. The van der Waals surface area contributed by atoms with Crippen LogP contribution in [0.15, 0.2) is 48.5 Å². The second-order valence-corrected chi connectivity index (χ2v) is 6.82. The van der Waals surface area contributed by atoms with Crippen molar-refractivity contribution in [2.24, 2.45) is 0 Å². The Morgan fingerprint density at radius 2 is 1.90 bits per heavy atom. The van der Waals surface area contributed by atoms with Gasteiger partial charge in [0.2, 0.25) is 5.65 Å². The number of benzene rings is 2. The van der Waals surface area contributed by atoms with E-state index in [-0.39, 0.29) is 11.5 Å². The highest BCUT2D eigenvalue weighted by atomic mass is 35.5. The van der Waals surface area contributed by atoms with Crippen LogP contribution in [0.25, 0.3) is 16.7 Å². The van der Waals surface area contributed by atoms with Gasteiger partial charge in [-0.1, -0.05) is 24.3 Å². The normalized spacial score (nSPS) is 18.8. The lowest BCUT2D eigenvalue weighted by Gasteiger charge is -2.43. The quantitative estimate of drug-likeness (QED) is 0.234. The SMILES string of the molecule is O=C1C(Cl)C(c2ccccc2[N+](=O)[O-])N1Nc1nc2ccccc2n2nnnc12. The monoisotopic (exact) mass is 410 g/mol. The van der Waals surface area contributed by atoms with Crippen LogP contribution in [0.5, 0.6) is 0 Å². The molecule has 12 heteroatoms. The summed E-state index contributed by atoms with van der Waals surface area (Å²) in [6, 6.07) is 12.6. The smallest absolute Gasteiger partial charge is 0.274 e. The molecule has 0 saturated carbocycles. The van der Waals surface area contributed by atoms with E-state index >= 15 is 0 Å². The van der Waals surface area contributed by atoms with Gasteiger partial charge in [-0.3, -0.25) is 20.3 Å². The zero-order chi connectivity index (χ0) is 20.1. The van der Waals surface area contributed by atoms with Gasteiger partial charge in [-0.05, 0) is 28.6 Å². The number of rotatable bonds is 4. The Morgan fingerprint density at radius 3 is 2.72 bits per heavy atom. The molecule has 1 aliphatic rings. The Morgan fingerprint density at radius 1 is 1.14 bits per heavy atom. The van der Waals surface area contributed by atoms with Gasteiger partial charge in [0.15, 0.2) is 5.82 Å². The number of hydrogen-bond donors (Lipinski definition) is 1. The Kier molecular flexibility index (Phi) is 3.77. The molecular formula is C17H11ClN8O3. The second kappa shape index (κ2) is 6.34. The average Bonchev–Trinajstić information content (AvgIpc) is 3.23. The first-order valence-electron chi connectivity index (χ1n) is 8.50. The summed E-state index contributed by atoms with van der Waals surface area (Å²) in [6.07, 6.45) is 0. The molecule has 4 aromatic rings. The van der Waals surface area contributed by atoms with Crippen LogP contribution in [0, 0.1) is 10.1 Å². The molecular weight excluding hydrogens is 400 g/mol. The highest BCUT2D eigenvalue weighted by Crippen LogP contribution is 2.42. The molecule has 11 nitrogen and oxygen atoms in total. The third-order valence-electron chi connectivity index (χ3n) is 4.73. The summed E-state index contributed by atoms with van der Waals surface area (Å²) in [7, 11) is 0. The highest BCUT2D eigenvalue weighted by molar-refractivity contribution is 6.33. The number of alkyl halides is 1. The number of nitro benzene ring substituents is 1. The van der Waals surface area contributed by atoms with E-state index in [1.165, 1.54) is 15.6 Å². The van der Waals surface area contributed by atoms with Crippen LogP contribution in [-0.2, 0) is 4.79 Å². The number of nitrogens with zero attached hydrogens (tertiary/aromatic N) is 7. The topological polar surface area (TPSA) is 131 Å². The van der Waals surface area contributed by atoms with E-state index < -0.39 is 22.2 Å². The zero-order valence-corrected chi connectivity index (χ0v) is 15.3. The molecule has 1 amide bonds. The van der Waals surface area contributed by atoms with E-state index in [4.69, 9.17) is 11.6 Å². The maximum atomic E-state index is 12.4. The zero-order valence-electron chi connectivity index (χ0n) is 14.5. The van der Waals surface area contributed by atoms with Crippen molar-refractivity contribution in [1.82, 2.24) is 30.0 Å². The lowest BCUT2D eigenvalue weighted by atomic mass is 9.94. The number of nitrogens with one attached hydrogen (secondary N) is 1. The van der Waals surface area contributed by atoms with E-state index in [0.717, 1.165) is 0 Å². The first kappa shape index (κ1) is 17.3. The largest absolute Gasteiger partial charge is 0.275 e. The van der Waals surface area contributed by atoms with E-state index in [2.05, 4.69) is 25.9 Å². The van der Waals surface area contributed by atoms with Crippen molar-refractivity contribution in [1.29, 1.82) is 0 Å². The third-order valence-corrected chi connectivity index (χ3v) is 5.16. The minimum atomic E-state index is -0.948. The second-order valence-electron chi connectivity index (χ2n) is 6.35. The number of β-lactam (4-membered cyclic amide) rings is 1. The fourth-order valence-corrected chi connectivity index (χ4v) is 3.73. The number of carbonyl (C=O) groups excluding carboxylic acids is 1. The number of aromatic nitrogens is 5. The molecule has 0 spiro atoms. The van der Waals surface area contributed by atoms with Gasteiger partial charge >= 0.3 is 0 Å². The number of tetrazole rings is 1. The van der Waals surface area contributed by atoms with Crippen molar-refractivity contribution >= 4 is 45.7 Å². The summed E-state index contributed by atoms with van der Waals surface area (Å²) in [5.41, 5.74) is 4.69. The predicted molar refractivity (Wildman–Crippen MR) is 102 cm³/mol. The Labute approximate surface area is 167 Å². The maximum Gasteiger partial charge on any atom is 0.274 e. The maximum absolute atomic E-state index is 12.4. The lowest BCUT2D eigenvalue weighted by molar-refractivity contribution is -0.386. The molecule has 3 heterocycles. The third kappa shape index (κ3) is 2.55. The highest BCUT2D eigenvalue weighted by Gasteiger charge is 2.50. The van der Waals surface area contributed by atoms with Crippen molar-refractivity contribution in [3.8, 4) is 0 Å². The summed E-state index contributed by atoms with van der Waals surface area (Å²) in [5, 5.41) is 23.3. The molecule has 2 atom stereocenters. The standard InChI is InChI=1S/C17H11ClN8O3/c18-13-14(9-5-1-3-7-11(9)26(28)29)25(17(13)27)21-15-16-20-22-23-24(16)12-8-4-2-6-10(12)19-15/h1-8,13-14H,(H,19,21). The Balaban J connectivity index is 1.58. The van der Waals surface area contributed by atoms with E-state index in [9.17, 15) is 14.9 Å². The van der Waals surface area contributed by atoms with Crippen molar-refractivity contribution in [3.63, 3.8) is 0 Å². The number of hydrazine groups is 1. The minimum absolute atomic E-state index is 0.122. The molecule has 29 heavy (non-hydrogen) atoms. The van der Waals surface area contributed by atoms with E-state index in [1.807, 2.05) is 18.2 Å². The van der Waals surface area contributed by atoms with Crippen LogP contribution in [0.3, 0.4) is 0 Å². The fourth-order valence-electron chi connectivity index (χ4n) is 3.37. The van der Waals surface area contributed by atoms with Crippen molar-refractivity contribution in [2.45, 2.75) is 11.4 Å². The Hall–Kier alpha value is -3.86. The molecule has 1 aliphatic heterocycles. The number of nitro groups is 1. The van der Waals surface area contributed by atoms with Gasteiger partial charge < -0.3 is 0 Å². The van der Waals surface area contributed by atoms with Gasteiger partial charge in [-0.25, -0.2) is 9.99 Å². The van der Waals surface area contributed by atoms with E-state index in [1.54, 1.807) is 24.3 Å². The molecule has 2 aromatic carbocycles. The molecule has 144 valence electrons. The van der Waals surface area contributed by atoms with Crippen LogP contribution >= 0.6 is 11.6 Å². The number of para-hydroxylation sites is 3. The summed E-state index contributed by atoms with van der Waals surface area (Å²) in [5.74, 6) is -0.204. The van der Waals surface area contributed by atoms with Crippen LogP contribution in [0.1, 0.15) is 11.6 Å². The van der Waals surface area contributed by atoms with Crippen LogP contribution in [0.2, 0.25) is 0 Å². The van der Waals surface area contributed by atoms with E-state index in [0.29, 0.717) is 22.2 Å². The number of amides is 1. The van der Waals surface area contributed by atoms with Gasteiger partial charge in [0.25, 0.3) is 11.6 Å². The van der Waals surface area contributed by atoms with Gasteiger partial charge in [-0.15, -0.1) is 16.7 Å².